The molecular formula is C24H18ClNO4. The number of benzene rings is 3. The van der Waals surface area contributed by atoms with Crippen LogP contribution in [0, 0.1) is 13.8 Å². The molecule has 6 heteroatoms. The van der Waals surface area contributed by atoms with Gasteiger partial charge in [-0.25, -0.2) is 0 Å². The zero-order chi connectivity index (χ0) is 21.4. The Bertz CT molecular complexity index is 1340. The molecule has 1 aromatic heterocycles. The van der Waals surface area contributed by atoms with Crippen LogP contribution in [0.4, 0.5) is 5.69 Å². The Labute approximate surface area is 177 Å². The number of fused-ring (bicyclic) bond motifs is 1. The van der Waals surface area contributed by atoms with Crippen LogP contribution < -0.4 is 10.7 Å². The maximum absolute atomic E-state index is 12.6. The summed E-state index contributed by atoms with van der Waals surface area (Å²) in [5.74, 6) is -0.0442. The Kier molecular flexibility index (Phi) is 5.06. The van der Waals surface area contributed by atoms with Gasteiger partial charge in [-0.15, -0.1) is 0 Å². The van der Waals surface area contributed by atoms with E-state index in [1.165, 1.54) is 24.3 Å². The number of phenols is 1. The van der Waals surface area contributed by atoms with Gasteiger partial charge in [0.15, 0.2) is 5.43 Å². The van der Waals surface area contributed by atoms with Gasteiger partial charge < -0.3 is 14.8 Å². The number of hydrogen-bond donors (Lipinski definition) is 2. The fourth-order valence-corrected chi connectivity index (χ4v) is 3.51. The normalized spacial score (nSPS) is 10.9. The molecule has 0 aliphatic heterocycles. The van der Waals surface area contributed by atoms with Crippen LogP contribution in [-0.2, 0) is 0 Å². The number of nitrogens with one attached hydrogen (secondary N) is 1. The fourth-order valence-electron chi connectivity index (χ4n) is 3.34. The van der Waals surface area contributed by atoms with Gasteiger partial charge in [-0.3, -0.25) is 9.59 Å². The van der Waals surface area contributed by atoms with Crippen LogP contribution >= 0.6 is 11.6 Å². The average Bonchev–Trinajstić information content (AvgIpc) is 2.71. The molecule has 0 saturated heterocycles. The summed E-state index contributed by atoms with van der Waals surface area (Å²) in [5, 5.41) is 13.4. The number of aryl methyl sites for hydroxylation is 2. The lowest BCUT2D eigenvalue weighted by atomic mass is 10.1. The molecule has 0 unspecified atom stereocenters. The van der Waals surface area contributed by atoms with Crippen molar-refractivity contribution in [3.8, 4) is 17.1 Å². The maximum atomic E-state index is 12.6. The van der Waals surface area contributed by atoms with E-state index in [1.54, 1.807) is 24.3 Å². The van der Waals surface area contributed by atoms with Crippen molar-refractivity contribution in [2.45, 2.75) is 13.8 Å². The Morgan fingerprint density at radius 2 is 1.73 bits per heavy atom. The molecule has 1 amide bonds. The minimum absolute atomic E-state index is 0.0760. The third-order valence-corrected chi connectivity index (χ3v) is 5.03. The van der Waals surface area contributed by atoms with Crippen molar-refractivity contribution in [2.24, 2.45) is 0 Å². The van der Waals surface area contributed by atoms with Crippen molar-refractivity contribution in [2.75, 3.05) is 5.32 Å². The predicted molar refractivity (Wildman–Crippen MR) is 118 cm³/mol. The molecule has 30 heavy (non-hydrogen) atoms. The Morgan fingerprint density at radius 3 is 2.47 bits per heavy atom. The summed E-state index contributed by atoms with van der Waals surface area (Å²) in [4.78, 5) is 25.0. The largest absolute Gasteiger partial charge is 0.506 e. The first-order chi connectivity index (χ1) is 14.3. The first-order valence-corrected chi connectivity index (χ1v) is 9.65. The molecule has 4 aromatic rings. The number of rotatable bonds is 3. The lowest BCUT2D eigenvalue weighted by Crippen LogP contribution is -2.11. The number of anilines is 1. The maximum Gasteiger partial charge on any atom is 0.255 e. The number of phenolic OH excluding ortho intramolecular Hbond substituents is 1. The Hall–Kier alpha value is -3.57. The first kappa shape index (κ1) is 19.7. The van der Waals surface area contributed by atoms with E-state index in [9.17, 15) is 14.7 Å². The van der Waals surface area contributed by atoms with E-state index in [1.807, 2.05) is 26.0 Å². The highest BCUT2D eigenvalue weighted by molar-refractivity contribution is 6.31. The fraction of sp³-hybridized carbons (Fsp3) is 0.0833. The molecule has 0 radical (unpaired) electrons. The van der Waals surface area contributed by atoms with Gasteiger partial charge in [-0.2, -0.15) is 0 Å². The SMILES string of the molecule is Cc1cc(C)c2oc(-c3ccc(C(=O)Nc4cc(Cl)ccc4O)cc3)cc(=O)c2c1. The molecule has 0 bridgehead atoms. The molecule has 1 heterocycles. The molecule has 3 aromatic carbocycles. The number of halogens is 1. The third-order valence-electron chi connectivity index (χ3n) is 4.80. The second kappa shape index (κ2) is 7.69. The second-order valence-electron chi connectivity index (χ2n) is 7.13. The van der Waals surface area contributed by atoms with Crippen LogP contribution in [0.2, 0.25) is 5.02 Å². The molecule has 5 nitrogen and oxygen atoms in total. The smallest absolute Gasteiger partial charge is 0.255 e. The summed E-state index contributed by atoms with van der Waals surface area (Å²) in [7, 11) is 0. The molecule has 2 N–H and O–H groups in total. The number of carbonyl (C=O) groups excluding carboxylic acids is 1. The van der Waals surface area contributed by atoms with Gasteiger partial charge in [0.1, 0.15) is 17.1 Å². The molecule has 0 aliphatic carbocycles. The number of carbonyl (C=O) groups is 1. The van der Waals surface area contributed by atoms with Crippen molar-refractivity contribution in [3.63, 3.8) is 0 Å². The average molecular weight is 420 g/mol. The highest BCUT2D eigenvalue weighted by Crippen LogP contribution is 2.28. The zero-order valence-electron chi connectivity index (χ0n) is 16.3. The molecule has 0 spiro atoms. The quantitative estimate of drug-likeness (QED) is 0.418. The monoisotopic (exact) mass is 419 g/mol. The lowest BCUT2D eigenvalue weighted by Gasteiger charge is -2.09. The van der Waals surface area contributed by atoms with Crippen LogP contribution in [0.25, 0.3) is 22.3 Å². The number of hydrogen-bond acceptors (Lipinski definition) is 4. The van der Waals surface area contributed by atoms with Crippen LogP contribution in [0.3, 0.4) is 0 Å². The van der Waals surface area contributed by atoms with Crippen LogP contribution in [0.5, 0.6) is 5.75 Å². The molecule has 150 valence electrons. The Morgan fingerprint density at radius 1 is 1.00 bits per heavy atom. The third kappa shape index (κ3) is 3.80. The predicted octanol–water partition coefficient (Wildman–Crippen LogP) is 5.69. The van der Waals surface area contributed by atoms with Gasteiger partial charge in [0, 0.05) is 22.2 Å². The molecule has 0 fully saturated rings. The van der Waals surface area contributed by atoms with Gasteiger partial charge in [0.05, 0.1) is 11.1 Å². The van der Waals surface area contributed by atoms with E-state index < -0.39 is 5.91 Å². The number of aromatic hydroxyl groups is 1. The van der Waals surface area contributed by atoms with E-state index in [0.717, 1.165) is 11.1 Å². The summed E-state index contributed by atoms with van der Waals surface area (Å²) < 4.78 is 5.99. The van der Waals surface area contributed by atoms with Crippen molar-refractivity contribution in [1.29, 1.82) is 0 Å². The summed E-state index contributed by atoms with van der Waals surface area (Å²) >= 11 is 5.91. The van der Waals surface area contributed by atoms with Gasteiger partial charge in [0.2, 0.25) is 0 Å². The Balaban J connectivity index is 1.64. The van der Waals surface area contributed by atoms with Crippen molar-refractivity contribution in [3.05, 3.63) is 92.6 Å². The van der Waals surface area contributed by atoms with E-state index in [-0.39, 0.29) is 16.9 Å². The summed E-state index contributed by atoms with van der Waals surface area (Å²) in [6.07, 6.45) is 0. The van der Waals surface area contributed by atoms with Gasteiger partial charge in [-0.05, 0) is 61.4 Å². The molecule has 0 atom stereocenters. The van der Waals surface area contributed by atoms with Crippen molar-refractivity contribution >= 4 is 34.2 Å². The van der Waals surface area contributed by atoms with Gasteiger partial charge in [0.25, 0.3) is 5.91 Å². The van der Waals surface area contributed by atoms with E-state index in [4.69, 9.17) is 16.0 Å². The lowest BCUT2D eigenvalue weighted by molar-refractivity contribution is 0.102. The number of amides is 1. The highest BCUT2D eigenvalue weighted by Gasteiger charge is 2.12. The van der Waals surface area contributed by atoms with E-state index in [2.05, 4.69) is 5.32 Å². The van der Waals surface area contributed by atoms with Crippen LogP contribution in [0.15, 0.2) is 69.9 Å². The minimum atomic E-state index is -0.398. The molecule has 0 aliphatic rings. The topological polar surface area (TPSA) is 79.5 Å². The molecular weight excluding hydrogens is 402 g/mol. The van der Waals surface area contributed by atoms with Gasteiger partial charge in [-0.1, -0.05) is 29.8 Å². The minimum Gasteiger partial charge on any atom is -0.506 e. The summed E-state index contributed by atoms with van der Waals surface area (Å²) in [5.41, 5.74) is 3.62. The highest BCUT2D eigenvalue weighted by atomic mass is 35.5. The molecule has 4 rings (SSSR count). The standard InChI is InChI=1S/C24H18ClNO4/c1-13-9-14(2)23-18(10-13)21(28)12-22(30-23)15-3-5-16(6-4-15)24(29)26-19-11-17(25)7-8-20(19)27/h3-12,27H,1-2H3,(H,26,29). The summed E-state index contributed by atoms with van der Waals surface area (Å²) in [6.45, 7) is 3.84. The van der Waals surface area contributed by atoms with E-state index in [0.29, 0.717) is 32.9 Å². The zero-order valence-corrected chi connectivity index (χ0v) is 17.1. The molecule has 0 saturated carbocycles. The van der Waals surface area contributed by atoms with E-state index >= 15 is 0 Å². The summed E-state index contributed by atoms with van der Waals surface area (Å²) in [6, 6.07) is 16.3. The van der Waals surface area contributed by atoms with Crippen LogP contribution in [-0.4, -0.2) is 11.0 Å². The second-order valence-corrected chi connectivity index (χ2v) is 7.56. The van der Waals surface area contributed by atoms with Crippen LogP contribution in [0.1, 0.15) is 21.5 Å². The van der Waals surface area contributed by atoms with Gasteiger partial charge >= 0.3 is 0 Å². The van der Waals surface area contributed by atoms with Crippen molar-refractivity contribution < 1.29 is 14.3 Å². The van der Waals surface area contributed by atoms with Crippen molar-refractivity contribution in [1.82, 2.24) is 0 Å². The first-order valence-electron chi connectivity index (χ1n) is 9.27.